The van der Waals surface area contributed by atoms with E-state index in [9.17, 15) is 0 Å². The number of para-hydroxylation sites is 1. The first-order chi connectivity index (χ1) is 17.7. The highest BCUT2D eigenvalue weighted by atomic mass is 15.0. The Morgan fingerprint density at radius 3 is 2.28 bits per heavy atom. The largest absolute Gasteiger partial charge is 0.309 e. The molecular formula is C35H29N. The Labute approximate surface area is 212 Å². The van der Waals surface area contributed by atoms with Crippen molar-refractivity contribution in [1.29, 1.82) is 0 Å². The van der Waals surface area contributed by atoms with E-state index in [1.165, 1.54) is 66.4 Å². The Morgan fingerprint density at radius 2 is 1.36 bits per heavy atom. The number of hydrogen-bond acceptors (Lipinski definition) is 0. The third-order valence-electron chi connectivity index (χ3n) is 7.62. The summed E-state index contributed by atoms with van der Waals surface area (Å²) in [5.41, 5.74) is 13.3. The SMILES string of the molecule is CC(C)Cc1cccc(-n2c3ccccc3c3cc(-c4ccc5c(c4)-c4ccccc4C5)ccc32)c1. The molecule has 0 N–H and O–H groups in total. The molecule has 1 aliphatic carbocycles. The van der Waals surface area contributed by atoms with Crippen molar-refractivity contribution in [2.45, 2.75) is 26.7 Å². The highest BCUT2D eigenvalue weighted by Crippen LogP contribution is 2.40. The highest BCUT2D eigenvalue weighted by molar-refractivity contribution is 6.10. The van der Waals surface area contributed by atoms with Crippen LogP contribution in [0.1, 0.15) is 30.5 Å². The highest BCUT2D eigenvalue weighted by Gasteiger charge is 2.19. The van der Waals surface area contributed by atoms with Crippen LogP contribution < -0.4 is 0 Å². The second-order valence-corrected chi connectivity index (χ2v) is 10.6. The molecule has 1 aliphatic rings. The van der Waals surface area contributed by atoms with Gasteiger partial charge in [0, 0.05) is 16.5 Å². The number of fused-ring (bicyclic) bond motifs is 6. The van der Waals surface area contributed by atoms with Gasteiger partial charge in [0.1, 0.15) is 0 Å². The summed E-state index contributed by atoms with van der Waals surface area (Å²) >= 11 is 0. The van der Waals surface area contributed by atoms with E-state index in [1.807, 2.05) is 0 Å². The Balaban J connectivity index is 1.39. The van der Waals surface area contributed by atoms with E-state index < -0.39 is 0 Å². The predicted octanol–water partition coefficient (Wildman–Crippen LogP) is 9.22. The summed E-state index contributed by atoms with van der Waals surface area (Å²) in [5, 5.41) is 2.60. The van der Waals surface area contributed by atoms with Gasteiger partial charge in [-0.05, 0) is 94.1 Å². The van der Waals surface area contributed by atoms with Gasteiger partial charge in [-0.25, -0.2) is 0 Å². The van der Waals surface area contributed by atoms with Crippen LogP contribution >= 0.6 is 0 Å². The first-order valence-corrected chi connectivity index (χ1v) is 13.0. The summed E-state index contributed by atoms with van der Waals surface area (Å²) in [6.45, 7) is 4.57. The molecule has 0 atom stereocenters. The molecule has 0 unspecified atom stereocenters. The maximum atomic E-state index is 2.43. The molecule has 0 bridgehead atoms. The first kappa shape index (κ1) is 21.2. The fourth-order valence-electron chi connectivity index (χ4n) is 6.03. The summed E-state index contributed by atoms with van der Waals surface area (Å²) in [7, 11) is 0. The molecule has 0 radical (unpaired) electrons. The van der Waals surface area contributed by atoms with Gasteiger partial charge in [-0.1, -0.05) is 86.6 Å². The first-order valence-electron chi connectivity index (χ1n) is 13.0. The van der Waals surface area contributed by atoms with Crippen LogP contribution in [-0.4, -0.2) is 4.57 Å². The predicted molar refractivity (Wildman–Crippen MR) is 153 cm³/mol. The topological polar surface area (TPSA) is 4.93 Å². The van der Waals surface area contributed by atoms with E-state index in [0.29, 0.717) is 5.92 Å². The van der Waals surface area contributed by atoms with Crippen LogP contribution in [0.3, 0.4) is 0 Å². The number of benzene rings is 5. The standard InChI is InChI=1S/C35H29N/c1-23(2)18-24-8-7-10-29(19-24)36-34-13-6-5-12-31(34)33-22-26(16-17-35(33)36)25-14-15-28-20-27-9-3-4-11-30(27)32(28)21-25/h3-17,19,21-23H,18,20H2,1-2H3. The van der Waals surface area contributed by atoms with Crippen molar-refractivity contribution in [2.24, 2.45) is 5.92 Å². The molecule has 6 aromatic rings. The number of nitrogens with zero attached hydrogens (tertiary/aromatic N) is 1. The zero-order chi connectivity index (χ0) is 24.2. The van der Waals surface area contributed by atoms with Gasteiger partial charge >= 0.3 is 0 Å². The molecule has 5 aromatic carbocycles. The molecule has 1 aromatic heterocycles. The van der Waals surface area contributed by atoms with Gasteiger partial charge in [0.25, 0.3) is 0 Å². The Bertz CT molecular complexity index is 1770. The van der Waals surface area contributed by atoms with E-state index in [1.54, 1.807) is 0 Å². The van der Waals surface area contributed by atoms with Gasteiger partial charge < -0.3 is 4.57 Å². The molecule has 0 saturated carbocycles. The Kier molecular flexibility index (Phi) is 4.85. The normalized spacial score (nSPS) is 12.4. The molecule has 0 amide bonds. The zero-order valence-electron chi connectivity index (χ0n) is 20.8. The third kappa shape index (κ3) is 3.38. The Hall–Kier alpha value is -4.10. The van der Waals surface area contributed by atoms with Crippen LogP contribution in [0.25, 0.3) is 49.7 Å². The van der Waals surface area contributed by atoms with Gasteiger partial charge in [0.05, 0.1) is 11.0 Å². The van der Waals surface area contributed by atoms with Gasteiger partial charge in [0.15, 0.2) is 0 Å². The molecule has 0 saturated heterocycles. The van der Waals surface area contributed by atoms with Crippen molar-refractivity contribution in [1.82, 2.24) is 4.57 Å². The van der Waals surface area contributed by atoms with Gasteiger partial charge in [0.2, 0.25) is 0 Å². The van der Waals surface area contributed by atoms with E-state index in [0.717, 1.165) is 12.8 Å². The minimum atomic E-state index is 0.639. The van der Waals surface area contributed by atoms with Crippen molar-refractivity contribution < 1.29 is 0 Å². The lowest BCUT2D eigenvalue weighted by Crippen LogP contribution is -1.98. The van der Waals surface area contributed by atoms with Crippen molar-refractivity contribution in [3.8, 4) is 27.9 Å². The van der Waals surface area contributed by atoms with E-state index in [2.05, 4.69) is 128 Å². The molecule has 1 nitrogen and oxygen atoms in total. The summed E-state index contributed by atoms with van der Waals surface area (Å²) in [6, 6.07) is 40.6. The lowest BCUT2D eigenvalue weighted by molar-refractivity contribution is 0.647. The van der Waals surface area contributed by atoms with Crippen LogP contribution in [0.15, 0.2) is 109 Å². The van der Waals surface area contributed by atoms with Crippen LogP contribution in [-0.2, 0) is 12.8 Å². The molecule has 1 heteroatoms. The van der Waals surface area contributed by atoms with Gasteiger partial charge in [-0.2, -0.15) is 0 Å². The van der Waals surface area contributed by atoms with Gasteiger partial charge in [-0.15, -0.1) is 0 Å². The summed E-state index contributed by atoms with van der Waals surface area (Å²) < 4.78 is 2.43. The summed E-state index contributed by atoms with van der Waals surface area (Å²) in [5.74, 6) is 0.639. The quantitative estimate of drug-likeness (QED) is 0.245. The third-order valence-corrected chi connectivity index (χ3v) is 7.62. The smallest absolute Gasteiger partial charge is 0.0541 e. The van der Waals surface area contributed by atoms with Crippen molar-refractivity contribution in [3.63, 3.8) is 0 Å². The number of rotatable bonds is 4. The van der Waals surface area contributed by atoms with Crippen LogP contribution in [0.2, 0.25) is 0 Å². The van der Waals surface area contributed by atoms with E-state index in [-0.39, 0.29) is 0 Å². The fraction of sp³-hybridized carbons (Fsp3) is 0.143. The molecule has 7 rings (SSSR count). The second kappa shape index (κ2) is 8.24. The van der Waals surface area contributed by atoms with Gasteiger partial charge in [-0.3, -0.25) is 0 Å². The monoisotopic (exact) mass is 463 g/mol. The Morgan fingerprint density at radius 1 is 0.611 bits per heavy atom. The number of hydrogen-bond donors (Lipinski definition) is 0. The molecule has 0 spiro atoms. The van der Waals surface area contributed by atoms with Crippen LogP contribution in [0, 0.1) is 5.92 Å². The molecule has 0 fully saturated rings. The average molecular weight is 464 g/mol. The molecule has 1 heterocycles. The second-order valence-electron chi connectivity index (χ2n) is 10.6. The minimum absolute atomic E-state index is 0.639. The summed E-state index contributed by atoms with van der Waals surface area (Å²) in [4.78, 5) is 0. The molecule has 174 valence electrons. The average Bonchev–Trinajstić information content (AvgIpc) is 3.43. The zero-order valence-corrected chi connectivity index (χ0v) is 20.8. The number of aromatic nitrogens is 1. The van der Waals surface area contributed by atoms with Crippen molar-refractivity contribution >= 4 is 21.8 Å². The molecule has 36 heavy (non-hydrogen) atoms. The lowest BCUT2D eigenvalue weighted by Gasteiger charge is -2.12. The molecular weight excluding hydrogens is 434 g/mol. The maximum absolute atomic E-state index is 2.43. The van der Waals surface area contributed by atoms with Crippen molar-refractivity contribution in [2.75, 3.05) is 0 Å². The fourth-order valence-corrected chi connectivity index (χ4v) is 6.03. The maximum Gasteiger partial charge on any atom is 0.0541 e. The van der Waals surface area contributed by atoms with Crippen LogP contribution in [0.4, 0.5) is 0 Å². The minimum Gasteiger partial charge on any atom is -0.309 e. The van der Waals surface area contributed by atoms with Crippen LogP contribution in [0.5, 0.6) is 0 Å². The lowest BCUT2D eigenvalue weighted by atomic mass is 9.97. The molecule has 0 aliphatic heterocycles. The van der Waals surface area contributed by atoms with Crippen molar-refractivity contribution in [3.05, 3.63) is 126 Å². The van der Waals surface area contributed by atoms with E-state index >= 15 is 0 Å². The summed E-state index contributed by atoms with van der Waals surface area (Å²) in [6.07, 6.45) is 2.13. The van der Waals surface area contributed by atoms with E-state index in [4.69, 9.17) is 0 Å².